The van der Waals surface area contributed by atoms with Crippen molar-refractivity contribution in [2.24, 2.45) is 0 Å². The van der Waals surface area contributed by atoms with Crippen LogP contribution in [0.4, 0.5) is 0 Å². The van der Waals surface area contributed by atoms with Gasteiger partial charge in [-0.25, -0.2) is 5.09 Å². The fraction of sp³-hybridized carbons (Fsp3) is 0.222. The zero-order valence-electron chi connectivity index (χ0n) is 8.46. The Bertz CT molecular complexity index is 414. The van der Waals surface area contributed by atoms with Gasteiger partial charge in [-0.05, 0) is 42.1 Å². The van der Waals surface area contributed by atoms with E-state index in [-0.39, 0.29) is 0 Å². The number of aliphatic carboxylic acids is 1. The number of benzene rings is 1. The smallest absolute Gasteiger partial charge is 0.320 e. The summed E-state index contributed by atoms with van der Waals surface area (Å²) in [7, 11) is 0. The average Bonchev–Trinajstić information content (AvgIpc) is 2.17. The standard InChI is InChI=1S/C9H11ClNO3PS/c1-7(9(12)13)11-15(10,16)14-8-5-3-2-4-6-8/h2-7H,1H3,(H,11,16)(H,12,13)/t7-,15?/m0/s1. The highest BCUT2D eigenvalue weighted by Crippen LogP contribution is 2.48. The van der Waals surface area contributed by atoms with Crippen LogP contribution in [0.15, 0.2) is 30.3 Å². The molecule has 0 saturated heterocycles. The van der Waals surface area contributed by atoms with Crippen molar-refractivity contribution in [1.29, 1.82) is 0 Å². The van der Waals surface area contributed by atoms with Crippen molar-refractivity contribution in [1.82, 2.24) is 5.09 Å². The Balaban J connectivity index is 2.66. The molecule has 1 rings (SSSR count). The first kappa shape index (κ1) is 13.5. The minimum Gasteiger partial charge on any atom is -0.480 e. The lowest BCUT2D eigenvalue weighted by atomic mass is 10.3. The van der Waals surface area contributed by atoms with E-state index in [4.69, 9.17) is 32.7 Å². The maximum atomic E-state index is 10.6. The lowest BCUT2D eigenvalue weighted by Gasteiger charge is -2.19. The van der Waals surface area contributed by atoms with Crippen molar-refractivity contribution in [3.63, 3.8) is 0 Å². The van der Waals surface area contributed by atoms with E-state index in [1.807, 2.05) is 6.07 Å². The number of halogens is 1. The number of rotatable bonds is 5. The zero-order chi connectivity index (χ0) is 12.2. The highest BCUT2D eigenvalue weighted by Gasteiger charge is 2.22. The Kier molecular flexibility index (Phi) is 4.74. The summed E-state index contributed by atoms with van der Waals surface area (Å²) in [5.41, 5.74) is 0. The van der Waals surface area contributed by atoms with Crippen molar-refractivity contribution < 1.29 is 14.4 Å². The van der Waals surface area contributed by atoms with Crippen LogP contribution < -0.4 is 9.61 Å². The Morgan fingerprint density at radius 2 is 2.12 bits per heavy atom. The van der Waals surface area contributed by atoms with Gasteiger partial charge in [-0.3, -0.25) is 4.79 Å². The van der Waals surface area contributed by atoms with E-state index in [1.54, 1.807) is 24.3 Å². The van der Waals surface area contributed by atoms with Crippen LogP contribution in [0.5, 0.6) is 5.75 Å². The lowest BCUT2D eigenvalue weighted by Crippen LogP contribution is -2.31. The van der Waals surface area contributed by atoms with E-state index in [0.717, 1.165) is 0 Å². The molecular formula is C9H11ClNO3PS. The van der Waals surface area contributed by atoms with Crippen LogP contribution in [0.2, 0.25) is 0 Å². The fourth-order valence-corrected chi connectivity index (χ4v) is 3.36. The molecule has 0 aromatic heterocycles. The number of para-hydroxylation sites is 1. The number of carboxylic acids is 1. The summed E-state index contributed by atoms with van der Waals surface area (Å²) in [5, 5.41) is 11.3. The van der Waals surface area contributed by atoms with Gasteiger partial charge in [-0.2, -0.15) is 0 Å². The van der Waals surface area contributed by atoms with Gasteiger partial charge in [0.25, 0.3) is 5.77 Å². The van der Waals surface area contributed by atoms with Gasteiger partial charge in [-0.15, -0.1) is 0 Å². The first-order valence-electron chi connectivity index (χ1n) is 4.46. The van der Waals surface area contributed by atoms with Gasteiger partial charge in [0, 0.05) is 0 Å². The van der Waals surface area contributed by atoms with E-state index < -0.39 is 17.8 Å². The second kappa shape index (κ2) is 5.64. The molecule has 1 aromatic carbocycles. The molecule has 2 atom stereocenters. The third-order valence-electron chi connectivity index (χ3n) is 1.68. The van der Waals surface area contributed by atoms with Crippen molar-refractivity contribution in [2.75, 3.05) is 0 Å². The molecule has 0 spiro atoms. The number of nitrogens with one attached hydrogen (secondary N) is 1. The molecule has 0 aliphatic carbocycles. The molecule has 0 fully saturated rings. The monoisotopic (exact) mass is 279 g/mol. The molecule has 0 saturated carbocycles. The summed E-state index contributed by atoms with van der Waals surface area (Å²) in [6.07, 6.45) is 0. The Morgan fingerprint density at radius 3 is 2.62 bits per heavy atom. The van der Waals surface area contributed by atoms with E-state index in [0.29, 0.717) is 5.75 Å². The highest BCUT2D eigenvalue weighted by molar-refractivity contribution is 8.23. The van der Waals surface area contributed by atoms with Crippen molar-refractivity contribution in [3.05, 3.63) is 30.3 Å². The van der Waals surface area contributed by atoms with Gasteiger partial charge < -0.3 is 9.63 Å². The summed E-state index contributed by atoms with van der Waals surface area (Å²) in [6.45, 7) is 1.46. The van der Waals surface area contributed by atoms with Crippen molar-refractivity contribution in [3.8, 4) is 5.75 Å². The molecule has 88 valence electrons. The molecule has 0 aliphatic heterocycles. The molecule has 0 aliphatic rings. The van der Waals surface area contributed by atoms with Gasteiger partial charge in [0.1, 0.15) is 11.8 Å². The molecular weight excluding hydrogens is 269 g/mol. The number of carbonyl (C=O) groups is 1. The summed E-state index contributed by atoms with van der Waals surface area (Å²) in [5.74, 6) is -3.35. The Hall–Kier alpha value is -0.610. The minimum absolute atomic E-state index is 0.519. The SMILES string of the molecule is C[C@H](NP(=S)(Cl)Oc1ccccc1)C(=O)O. The summed E-state index contributed by atoms with van der Waals surface area (Å²) in [4.78, 5) is 10.6. The second-order valence-corrected chi connectivity index (χ2v) is 8.05. The van der Waals surface area contributed by atoms with Gasteiger partial charge in [0.2, 0.25) is 0 Å². The van der Waals surface area contributed by atoms with E-state index >= 15 is 0 Å². The number of hydrogen-bond acceptors (Lipinski definition) is 3. The van der Waals surface area contributed by atoms with Crippen molar-refractivity contribution in [2.45, 2.75) is 13.0 Å². The molecule has 4 nitrogen and oxygen atoms in total. The Labute approximate surface area is 104 Å². The van der Waals surface area contributed by atoms with E-state index in [2.05, 4.69) is 5.09 Å². The molecule has 1 unspecified atom stereocenters. The third-order valence-corrected chi connectivity index (χ3v) is 3.87. The molecule has 0 radical (unpaired) electrons. The first-order valence-corrected chi connectivity index (χ1v) is 8.08. The minimum atomic E-state index is -2.85. The van der Waals surface area contributed by atoms with Gasteiger partial charge >= 0.3 is 5.97 Å². The third kappa shape index (κ3) is 4.49. The lowest BCUT2D eigenvalue weighted by molar-refractivity contribution is -0.138. The van der Waals surface area contributed by atoms with Gasteiger partial charge in [0.05, 0.1) is 0 Å². The topological polar surface area (TPSA) is 58.6 Å². The summed E-state index contributed by atoms with van der Waals surface area (Å²) >= 11 is 10.9. The highest BCUT2D eigenvalue weighted by atomic mass is 35.7. The summed E-state index contributed by atoms with van der Waals surface area (Å²) < 4.78 is 5.34. The maximum Gasteiger partial charge on any atom is 0.320 e. The largest absolute Gasteiger partial charge is 0.480 e. The van der Waals surface area contributed by atoms with Crippen LogP contribution in [0.3, 0.4) is 0 Å². The van der Waals surface area contributed by atoms with Crippen LogP contribution in [0.25, 0.3) is 0 Å². The fourth-order valence-electron chi connectivity index (χ4n) is 0.930. The van der Waals surface area contributed by atoms with Crippen LogP contribution in [-0.2, 0) is 16.6 Å². The van der Waals surface area contributed by atoms with Gasteiger partial charge in [0.15, 0.2) is 0 Å². The van der Waals surface area contributed by atoms with Crippen LogP contribution in [0.1, 0.15) is 6.92 Å². The van der Waals surface area contributed by atoms with Crippen LogP contribution >= 0.6 is 17.0 Å². The maximum absolute atomic E-state index is 10.6. The Morgan fingerprint density at radius 1 is 1.56 bits per heavy atom. The van der Waals surface area contributed by atoms with Gasteiger partial charge in [-0.1, -0.05) is 18.2 Å². The second-order valence-electron chi connectivity index (χ2n) is 3.07. The summed E-state index contributed by atoms with van der Waals surface area (Å²) in [6, 6.07) is 7.96. The number of carboxylic acid groups (broad SMARTS) is 1. The van der Waals surface area contributed by atoms with E-state index in [9.17, 15) is 4.79 Å². The number of hydrogen-bond donors (Lipinski definition) is 2. The predicted molar refractivity (Wildman–Crippen MR) is 67.4 cm³/mol. The molecule has 2 N–H and O–H groups in total. The first-order chi connectivity index (χ1) is 7.41. The van der Waals surface area contributed by atoms with E-state index in [1.165, 1.54) is 6.92 Å². The van der Waals surface area contributed by atoms with Crippen LogP contribution in [0, 0.1) is 0 Å². The molecule has 1 aromatic rings. The quantitative estimate of drug-likeness (QED) is 0.812. The normalized spacial score (nSPS) is 16.1. The molecule has 0 amide bonds. The van der Waals surface area contributed by atoms with Crippen molar-refractivity contribution >= 4 is 34.8 Å². The zero-order valence-corrected chi connectivity index (χ0v) is 10.9. The molecule has 16 heavy (non-hydrogen) atoms. The molecule has 7 heteroatoms. The molecule has 0 bridgehead atoms. The average molecular weight is 280 g/mol. The van der Waals surface area contributed by atoms with Crippen LogP contribution in [-0.4, -0.2) is 17.1 Å². The predicted octanol–water partition coefficient (Wildman–Crippen LogP) is 2.59. The molecule has 0 heterocycles.